The van der Waals surface area contributed by atoms with Crippen LogP contribution in [0.1, 0.15) is 56.2 Å². The number of hydrogen-bond donors (Lipinski definition) is 2. The van der Waals surface area contributed by atoms with Gasteiger partial charge in [0.25, 0.3) is 5.56 Å². The maximum absolute atomic E-state index is 14.0. The Labute approximate surface area is 228 Å². The lowest BCUT2D eigenvalue weighted by Crippen LogP contribution is -2.33. The molecule has 208 valence electrons. The summed E-state index contributed by atoms with van der Waals surface area (Å²) in [6.07, 6.45) is 4.34. The first-order chi connectivity index (χ1) is 18.4. The molecule has 0 aliphatic heterocycles. The average molecular weight is 537 g/mol. The second kappa shape index (κ2) is 11.2. The monoisotopic (exact) mass is 536 g/mol. The van der Waals surface area contributed by atoms with Gasteiger partial charge in [0.15, 0.2) is 0 Å². The lowest BCUT2D eigenvalue weighted by atomic mass is 9.86. The van der Waals surface area contributed by atoms with E-state index in [4.69, 9.17) is 9.47 Å². The Morgan fingerprint density at radius 1 is 1.03 bits per heavy atom. The smallest absolute Gasteiger partial charge is 0.254 e. The summed E-state index contributed by atoms with van der Waals surface area (Å²) in [7, 11) is 3.31. The Hall–Kier alpha value is -3.65. The maximum atomic E-state index is 14.0. The molecule has 0 atom stereocenters. The molecule has 1 aromatic heterocycles. The summed E-state index contributed by atoms with van der Waals surface area (Å²) in [5.74, 6) is 1.09. The van der Waals surface area contributed by atoms with Crippen LogP contribution in [0.15, 0.2) is 47.4 Å². The highest BCUT2D eigenvalue weighted by atomic mass is 19.1. The van der Waals surface area contributed by atoms with Gasteiger partial charge in [-0.15, -0.1) is 0 Å². The summed E-state index contributed by atoms with van der Waals surface area (Å²) >= 11 is 0. The van der Waals surface area contributed by atoms with Gasteiger partial charge in [0, 0.05) is 43.4 Å². The lowest BCUT2D eigenvalue weighted by molar-refractivity contribution is -0.125. The molecule has 0 unspecified atom stereocenters. The van der Waals surface area contributed by atoms with E-state index in [0.717, 1.165) is 0 Å². The van der Waals surface area contributed by atoms with Gasteiger partial charge in [0.2, 0.25) is 5.91 Å². The van der Waals surface area contributed by atoms with Crippen LogP contribution in [0.25, 0.3) is 11.1 Å². The van der Waals surface area contributed by atoms with E-state index in [1.807, 2.05) is 6.07 Å². The summed E-state index contributed by atoms with van der Waals surface area (Å²) in [5.41, 5.74) is 1.85. The van der Waals surface area contributed by atoms with Crippen molar-refractivity contribution >= 4 is 5.91 Å². The van der Waals surface area contributed by atoms with Gasteiger partial charge in [0.05, 0.1) is 11.7 Å². The third-order valence-electron chi connectivity index (χ3n) is 7.39. The third kappa shape index (κ3) is 6.33. The van der Waals surface area contributed by atoms with Gasteiger partial charge in [-0.3, -0.25) is 9.59 Å². The largest absolute Gasteiger partial charge is 0.490 e. The Bertz CT molecular complexity index is 1410. The van der Waals surface area contributed by atoms with Crippen molar-refractivity contribution in [3.05, 3.63) is 75.5 Å². The first-order valence-electron chi connectivity index (χ1n) is 13.3. The van der Waals surface area contributed by atoms with Crippen LogP contribution in [-0.4, -0.2) is 28.7 Å². The summed E-state index contributed by atoms with van der Waals surface area (Å²) in [4.78, 5) is 24.8. The van der Waals surface area contributed by atoms with E-state index in [1.54, 1.807) is 60.1 Å². The van der Waals surface area contributed by atoms with Crippen LogP contribution in [0.4, 0.5) is 4.39 Å². The zero-order chi connectivity index (χ0) is 28.5. The first-order valence-corrected chi connectivity index (χ1v) is 13.3. The molecule has 0 bridgehead atoms. The van der Waals surface area contributed by atoms with E-state index in [0.29, 0.717) is 70.7 Å². The molecule has 1 fully saturated rings. The van der Waals surface area contributed by atoms with Crippen LogP contribution in [0.5, 0.6) is 17.2 Å². The lowest BCUT2D eigenvalue weighted by Gasteiger charge is -2.29. The number of nitrogens with one attached hydrogen (secondary N) is 1. The number of carbonyl (C=O) groups excluding carboxylic acids is 1. The van der Waals surface area contributed by atoms with Crippen LogP contribution in [0.2, 0.25) is 0 Å². The van der Waals surface area contributed by atoms with Crippen LogP contribution >= 0.6 is 0 Å². The molecule has 4 rings (SSSR count). The Balaban J connectivity index is 1.78. The van der Waals surface area contributed by atoms with Gasteiger partial charge in [-0.05, 0) is 94.3 Å². The van der Waals surface area contributed by atoms with Crippen LogP contribution in [-0.2, 0) is 17.4 Å². The molecule has 3 aromatic rings. The van der Waals surface area contributed by atoms with E-state index in [2.05, 4.69) is 5.32 Å². The number of aromatic nitrogens is 1. The predicted octanol–water partition coefficient (Wildman–Crippen LogP) is 5.51. The molecule has 1 aliphatic carbocycles. The van der Waals surface area contributed by atoms with Gasteiger partial charge >= 0.3 is 0 Å². The van der Waals surface area contributed by atoms with Gasteiger partial charge < -0.3 is 24.5 Å². The molecule has 1 aliphatic rings. The SMILES string of the molecule is CNC(=O)[C@H]1CC[C@H](Oc2cc(=O)n(C)cc2-c2cc(C(C)(C)O)ccc2Oc2c(C)cc(F)cc2C)CC1. The fourth-order valence-electron chi connectivity index (χ4n) is 5.12. The van der Waals surface area contributed by atoms with Gasteiger partial charge in [-0.1, -0.05) is 6.07 Å². The third-order valence-corrected chi connectivity index (χ3v) is 7.39. The zero-order valence-electron chi connectivity index (χ0n) is 23.4. The quantitative estimate of drug-likeness (QED) is 0.416. The number of amides is 1. The van der Waals surface area contributed by atoms with E-state index in [-0.39, 0.29) is 29.3 Å². The highest BCUT2D eigenvalue weighted by Crippen LogP contribution is 2.42. The number of nitrogens with zero attached hydrogens (tertiary/aromatic N) is 1. The Morgan fingerprint density at radius 3 is 2.26 bits per heavy atom. The molecule has 1 heterocycles. The number of rotatable bonds is 7. The Kier molecular flexibility index (Phi) is 8.16. The van der Waals surface area contributed by atoms with Crippen LogP contribution in [0, 0.1) is 25.6 Å². The first kappa shape index (κ1) is 28.4. The summed E-state index contributed by atoms with van der Waals surface area (Å²) in [6.45, 7) is 6.96. The number of aryl methyl sites for hydroxylation is 3. The standard InChI is InChI=1S/C31H37FN2O5/c1-18-13-22(32)14-19(2)29(18)39-26-12-9-21(31(3,4)37)15-24(26)25-17-34(6)28(35)16-27(25)38-23-10-7-20(8-11-23)30(36)33-5/h9,12-17,20,23,37H,7-8,10-11H2,1-6H3,(H,33,36)/t20-,23-. The highest BCUT2D eigenvalue weighted by molar-refractivity contribution is 5.78. The number of hydrogen-bond acceptors (Lipinski definition) is 5. The molecule has 0 radical (unpaired) electrons. The van der Waals surface area contributed by atoms with Crippen molar-refractivity contribution < 1.29 is 23.8 Å². The predicted molar refractivity (Wildman–Crippen MR) is 149 cm³/mol. The second-order valence-corrected chi connectivity index (χ2v) is 10.9. The molecule has 0 saturated heterocycles. The number of pyridine rings is 1. The number of ether oxygens (including phenoxy) is 2. The molecule has 7 nitrogen and oxygen atoms in total. The Morgan fingerprint density at radius 2 is 1.67 bits per heavy atom. The highest BCUT2D eigenvalue weighted by Gasteiger charge is 2.28. The van der Waals surface area contributed by atoms with E-state index in [1.165, 1.54) is 22.8 Å². The number of carbonyl (C=O) groups is 1. The average Bonchev–Trinajstić information content (AvgIpc) is 2.87. The molecule has 8 heteroatoms. The van der Waals surface area contributed by atoms with Crippen molar-refractivity contribution in [2.24, 2.45) is 13.0 Å². The normalized spacial score (nSPS) is 17.5. The zero-order valence-corrected chi connectivity index (χ0v) is 23.4. The van der Waals surface area contributed by atoms with Crippen LogP contribution < -0.4 is 20.3 Å². The second-order valence-electron chi connectivity index (χ2n) is 10.9. The maximum Gasteiger partial charge on any atom is 0.254 e. The minimum atomic E-state index is -1.13. The number of aliphatic hydroxyl groups is 1. The molecule has 2 aromatic carbocycles. The molecular formula is C31H37FN2O5. The molecule has 2 N–H and O–H groups in total. The summed E-state index contributed by atoms with van der Waals surface area (Å²) < 4.78 is 28.2. The van der Waals surface area contributed by atoms with Gasteiger partial charge in [0.1, 0.15) is 23.1 Å². The molecule has 1 saturated carbocycles. The minimum Gasteiger partial charge on any atom is -0.490 e. The van der Waals surface area contributed by atoms with Crippen LogP contribution in [0.3, 0.4) is 0 Å². The molecule has 0 spiro atoms. The minimum absolute atomic E-state index is 0.0383. The van der Waals surface area contributed by atoms with E-state index >= 15 is 0 Å². The fraction of sp³-hybridized carbons (Fsp3) is 0.419. The van der Waals surface area contributed by atoms with Crippen molar-refractivity contribution in [3.8, 4) is 28.4 Å². The van der Waals surface area contributed by atoms with Crippen molar-refractivity contribution in [1.82, 2.24) is 9.88 Å². The van der Waals surface area contributed by atoms with Crippen molar-refractivity contribution in [2.45, 2.75) is 65.1 Å². The molecular weight excluding hydrogens is 499 g/mol. The van der Waals surface area contributed by atoms with Gasteiger partial charge in [-0.2, -0.15) is 0 Å². The number of benzene rings is 2. The van der Waals surface area contributed by atoms with Crippen molar-refractivity contribution in [1.29, 1.82) is 0 Å². The summed E-state index contributed by atoms with van der Waals surface area (Å²) in [6, 6.07) is 9.70. The number of halogens is 1. The summed E-state index contributed by atoms with van der Waals surface area (Å²) in [5, 5.41) is 13.5. The van der Waals surface area contributed by atoms with Crippen molar-refractivity contribution in [3.63, 3.8) is 0 Å². The molecule has 1 amide bonds. The van der Waals surface area contributed by atoms with E-state index in [9.17, 15) is 19.1 Å². The topological polar surface area (TPSA) is 89.8 Å². The fourth-order valence-corrected chi connectivity index (χ4v) is 5.12. The van der Waals surface area contributed by atoms with E-state index < -0.39 is 5.60 Å². The molecule has 39 heavy (non-hydrogen) atoms. The van der Waals surface area contributed by atoms with Gasteiger partial charge in [-0.25, -0.2) is 4.39 Å². The van der Waals surface area contributed by atoms with Crippen molar-refractivity contribution in [2.75, 3.05) is 7.05 Å².